The second kappa shape index (κ2) is 4.85. The van der Waals surface area contributed by atoms with E-state index in [2.05, 4.69) is 33.3 Å². The maximum Gasteiger partial charge on any atom is 0.193 e. The molecular weight excluding hydrogens is 264 g/mol. The van der Waals surface area contributed by atoms with Crippen molar-refractivity contribution in [3.63, 3.8) is 0 Å². The molecule has 0 saturated carbocycles. The number of imidazole rings is 1. The molecule has 0 aromatic carbocycles. The van der Waals surface area contributed by atoms with E-state index in [1.807, 2.05) is 18.0 Å². The molecule has 98 valence electrons. The zero-order valence-electron chi connectivity index (χ0n) is 10.4. The van der Waals surface area contributed by atoms with E-state index in [4.69, 9.17) is 5.84 Å². The van der Waals surface area contributed by atoms with Crippen molar-refractivity contribution in [2.75, 3.05) is 5.75 Å². The minimum Gasteiger partial charge on any atom is -0.297 e. The fourth-order valence-electron chi connectivity index (χ4n) is 2.61. The van der Waals surface area contributed by atoms with Crippen molar-refractivity contribution in [1.82, 2.24) is 14.8 Å². The predicted molar refractivity (Wildman–Crippen MR) is 78.0 cm³/mol. The van der Waals surface area contributed by atoms with E-state index in [1.165, 1.54) is 18.6 Å². The van der Waals surface area contributed by atoms with Gasteiger partial charge >= 0.3 is 0 Å². The molecule has 2 atom stereocenters. The highest BCUT2D eigenvalue weighted by molar-refractivity contribution is 8.00. The van der Waals surface area contributed by atoms with Crippen LogP contribution in [0.2, 0.25) is 0 Å². The number of hydrazine groups is 1. The lowest BCUT2D eigenvalue weighted by atomic mass is 9.93. The van der Waals surface area contributed by atoms with Crippen molar-refractivity contribution in [3.8, 4) is 0 Å². The maximum absolute atomic E-state index is 5.76. The zero-order valence-corrected chi connectivity index (χ0v) is 12.1. The van der Waals surface area contributed by atoms with Gasteiger partial charge in [-0.15, -0.1) is 11.3 Å². The normalized spacial score (nSPS) is 25.9. The number of fused-ring (bicyclic) bond motifs is 1. The van der Waals surface area contributed by atoms with Gasteiger partial charge in [-0.05, 0) is 25.5 Å². The Morgan fingerprint density at radius 3 is 3.22 bits per heavy atom. The van der Waals surface area contributed by atoms with Gasteiger partial charge in [0.15, 0.2) is 4.96 Å². The molecule has 3 N–H and O–H groups in total. The van der Waals surface area contributed by atoms with Gasteiger partial charge in [0.25, 0.3) is 0 Å². The molecular formula is C12H18N4S2. The van der Waals surface area contributed by atoms with Gasteiger partial charge in [-0.25, -0.2) is 4.98 Å². The average Bonchev–Trinajstić information content (AvgIpc) is 3.01. The summed E-state index contributed by atoms with van der Waals surface area (Å²) < 4.78 is 2.32. The second-order valence-corrected chi connectivity index (χ2v) is 7.52. The first-order valence-electron chi connectivity index (χ1n) is 6.22. The van der Waals surface area contributed by atoms with Gasteiger partial charge in [0, 0.05) is 35.0 Å². The number of nitrogens with one attached hydrogen (secondary N) is 1. The fourth-order valence-corrected chi connectivity index (χ4v) is 4.73. The summed E-state index contributed by atoms with van der Waals surface area (Å²) >= 11 is 3.70. The largest absolute Gasteiger partial charge is 0.297 e. The van der Waals surface area contributed by atoms with E-state index >= 15 is 0 Å². The molecule has 3 heterocycles. The fraction of sp³-hybridized carbons (Fsp3) is 0.583. The van der Waals surface area contributed by atoms with Crippen LogP contribution in [0.15, 0.2) is 17.8 Å². The Balaban J connectivity index is 1.79. The summed E-state index contributed by atoms with van der Waals surface area (Å²) in [5, 5.41) is 2.05. The summed E-state index contributed by atoms with van der Waals surface area (Å²) in [6, 6.07) is 0.287. The van der Waals surface area contributed by atoms with Gasteiger partial charge in [0.2, 0.25) is 0 Å². The molecule has 0 radical (unpaired) electrons. The van der Waals surface area contributed by atoms with E-state index < -0.39 is 0 Å². The Morgan fingerprint density at radius 2 is 2.56 bits per heavy atom. The van der Waals surface area contributed by atoms with Crippen LogP contribution in [0.1, 0.15) is 25.5 Å². The molecule has 2 aromatic heterocycles. The molecule has 1 aliphatic rings. The molecule has 0 aliphatic carbocycles. The lowest BCUT2D eigenvalue weighted by molar-refractivity contribution is 0.403. The third-order valence-corrected chi connectivity index (χ3v) is 6.16. The Kier molecular flexibility index (Phi) is 3.36. The van der Waals surface area contributed by atoms with Gasteiger partial charge in [0.05, 0.1) is 5.69 Å². The predicted octanol–water partition coefficient (Wildman–Crippen LogP) is 2.06. The van der Waals surface area contributed by atoms with Crippen LogP contribution in [0.4, 0.5) is 0 Å². The van der Waals surface area contributed by atoms with E-state index in [0.29, 0.717) is 0 Å². The zero-order chi connectivity index (χ0) is 12.6. The summed E-state index contributed by atoms with van der Waals surface area (Å²) in [5.41, 5.74) is 4.13. The van der Waals surface area contributed by atoms with E-state index in [-0.39, 0.29) is 10.8 Å². The number of nitrogens with two attached hydrogens (primary N) is 1. The van der Waals surface area contributed by atoms with E-state index in [9.17, 15) is 0 Å². The average molecular weight is 282 g/mol. The Morgan fingerprint density at radius 1 is 1.67 bits per heavy atom. The SMILES string of the molecule is CC1(C(Cc2cn3ccsc3n2)NN)CCCS1. The highest BCUT2D eigenvalue weighted by Crippen LogP contribution is 2.41. The number of nitrogens with zero attached hydrogens (tertiary/aromatic N) is 2. The molecule has 3 rings (SSSR count). The van der Waals surface area contributed by atoms with Crippen LogP contribution >= 0.6 is 23.1 Å². The first-order chi connectivity index (χ1) is 8.71. The third kappa shape index (κ3) is 2.18. The number of rotatable bonds is 4. The van der Waals surface area contributed by atoms with Crippen molar-refractivity contribution in [1.29, 1.82) is 0 Å². The minimum absolute atomic E-state index is 0.242. The van der Waals surface area contributed by atoms with Crippen LogP contribution in [0.3, 0.4) is 0 Å². The second-order valence-electron chi connectivity index (χ2n) is 5.01. The number of thiazole rings is 1. The van der Waals surface area contributed by atoms with E-state index in [1.54, 1.807) is 11.3 Å². The van der Waals surface area contributed by atoms with Gasteiger partial charge < -0.3 is 0 Å². The van der Waals surface area contributed by atoms with Gasteiger partial charge in [-0.3, -0.25) is 15.7 Å². The molecule has 6 heteroatoms. The lowest BCUT2D eigenvalue weighted by Crippen LogP contribution is -2.50. The summed E-state index contributed by atoms with van der Waals surface area (Å²) in [6.07, 6.45) is 7.58. The Hall–Kier alpha value is -0.560. The highest BCUT2D eigenvalue weighted by atomic mass is 32.2. The van der Waals surface area contributed by atoms with Crippen molar-refractivity contribution in [2.24, 2.45) is 5.84 Å². The number of hydrogen-bond acceptors (Lipinski definition) is 5. The standard InChI is InChI=1S/C12H18N4S2/c1-12(3-2-5-18-12)10(15-13)7-9-8-16-4-6-17-11(16)14-9/h4,6,8,10,15H,2-3,5,7,13H2,1H3. The third-order valence-electron chi connectivity index (χ3n) is 3.74. The summed E-state index contributed by atoms with van der Waals surface area (Å²) in [7, 11) is 0. The monoisotopic (exact) mass is 282 g/mol. The van der Waals surface area contributed by atoms with Crippen LogP contribution in [-0.2, 0) is 6.42 Å². The quantitative estimate of drug-likeness (QED) is 0.666. The van der Waals surface area contributed by atoms with Crippen molar-refractivity contribution in [3.05, 3.63) is 23.5 Å². The number of hydrogen-bond donors (Lipinski definition) is 2. The molecule has 1 fully saturated rings. The van der Waals surface area contributed by atoms with E-state index in [0.717, 1.165) is 17.1 Å². The number of aromatic nitrogens is 2. The Labute approximate surface area is 115 Å². The summed E-state index contributed by atoms with van der Waals surface area (Å²) in [5.74, 6) is 7.00. The maximum atomic E-state index is 5.76. The molecule has 18 heavy (non-hydrogen) atoms. The van der Waals surface area contributed by atoms with Crippen LogP contribution in [0, 0.1) is 0 Å². The summed E-state index contributed by atoms with van der Waals surface area (Å²) in [4.78, 5) is 5.70. The molecule has 0 bridgehead atoms. The molecule has 0 amide bonds. The van der Waals surface area contributed by atoms with Gasteiger partial charge in [0.1, 0.15) is 0 Å². The van der Waals surface area contributed by atoms with Crippen LogP contribution in [-0.4, -0.2) is 25.9 Å². The van der Waals surface area contributed by atoms with Gasteiger partial charge in [-0.2, -0.15) is 11.8 Å². The van der Waals surface area contributed by atoms with Crippen LogP contribution in [0.25, 0.3) is 4.96 Å². The molecule has 1 saturated heterocycles. The smallest absolute Gasteiger partial charge is 0.193 e. The van der Waals surface area contributed by atoms with Crippen molar-refractivity contribution >= 4 is 28.1 Å². The van der Waals surface area contributed by atoms with Crippen LogP contribution < -0.4 is 11.3 Å². The van der Waals surface area contributed by atoms with Crippen LogP contribution in [0.5, 0.6) is 0 Å². The Bertz CT molecular complexity index is 498. The van der Waals surface area contributed by atoms with Gasteiger partial charge in [-0.1, -0.05) is 0 Å². The van der Waals surface area contributed by atoms with Crippen molar-refractivity contribution < 1.29 is 0 Å². The molecule has 2 unspecified atom stereocenters. The first kappa shape index (κ1) is 12.5. The molecule has 1 aliphatic heterocycles. The van der Waals surface area contributed by atoms with Crippen molar-refractivity contribution in [2.45, 2.75) is 37.0 Å². The minimum atomic E-state index is 0.242. The molecule has 4 nitrogen and oxygen atoms in total. The first-order valence-corrected chi connectivity index (χ1v) is 8.09. The topological polar surface area (TPSA) is 55.3 Å². The highest BCUT2D eigenvalue weighted by Gasteiger charge is 2.37. The number of thioether (sulfide) groups is 1. The molecule has 0 spiro atoms. The molecule has 2 aromatic rings. The summed E-state index contributed by atoms with van der Waals surface area (Å²) in [6.45, 7) is 2.31. The lowest BCUT2D eigenvalue weighted by Gasteiger charge is -2.32.